The fourth-order valence-electron chi connectivity index (χ4n) is 2.50. The minimum absolute atomic E-state index is 0.0123. The average molecular weight is 335 g/mol. The van der Waals surface area contributed by atoms with Gasteiger partial charge in [0.15, 0.2) is 0 Å². The number of rotatable bonds is 3. The van der Waals surface area contributed by atoms with E-state index in [0.717, 1.165) is 18.2 Å². The van der Waals surface area contributed by atoms with E-state index in [9.17, 15) is 13.2 Å². The number of hydrogen-bond acceptors (Lipinski definition) is 5. The smallest absolute Gasteiger partial charge is 0.387 e. The number of aliphatic imine (C=N–C) groups is 1. The van der Waals surface area contributed by atoms with Crippen LogP contribution in [0.25, 0.3) is 11.3 Å². The molecule has 4 N–H and O–H groups in total. The van der Waals surface area contributed by atoms with Gasteiger partial charge in [0, 0.05) is 18.4 Å². The Bertz CT molecular complexity index is 814. The quantitative estimate of drug-likeness (QED) is 0.902. The van der Waals surface area contributed by atoms with Gasteiger partial charge in [0.1, 0.15) is 11.7 Å². The number of alkyl halides is 3. The van der Waals surface area contributed by atoms with E-state index >= 15 is 0 Å². The molecule has 2 heterocycles. The van der Waals surface area contributed by atoms with E-state index in [-0.39, 0.29) is 17.9 Å². The first-order valence-corrected chi connectivity index (χ1v) is 7.38. The van der Waals surface area contributed by atoms with Crippen LogP contribution in [0.4, 0.5) is 24.7 Å². The molecule has 0 radical (unpaired) electrons. The number of nitrogens with two attached hydrogens (primary N) is 2. The molecule has 1 aliphatic heterocycles. The van der Waals surface area contributed by atoms with Crippen molar-refractivity contribution in [3.8, 4) is 11.3 Å². The first-order valence-electron chi connectivity index (χ1n) is 7.38. The third kappa shape index (κ3) is 3.17. The monoisotopic (exact) mass is 335 g/mol. The maximum Gasteiger partial charge on any atom is 0.391 e. The highest BCUT2D eigenvalue weighted by molar-refractivity contribution is 5.91. The van der Waals surface area contributed by atoms with Crippen LogP contribution in [-0.2, 0) is 12.8 Å². The van der Waals surface area contributed by atoms with Crippen LogP contribution in [0.3, 0.4) is 0 Å². The molecule has 8 heteroatoms. The zero-order valence-corrected chi connectivity index (χ0v) is 12.9. The van der Waals surface area contributed by atoms with Gasteiger partial charge in [-0.15, -0.1) is 0 Å². The number of halogens is 3. The molecule has 0 bridgehead atoms. The number of nitrogen functional groups attached to an aromatic ring is 1. The minimum Gasteiger partial charge on any atom is -0.387 e. The van der Waals surface area contributed by atoms with E-state index in [1.165, 1.54) is 6.20 Å². The highest BCUT2D eigenvalue weighted by Crippen LogP contribution is 2.32. The number of amidine groups is 1. The lowest BCUT2D eigenvalue weighted by Crippen LogP contribution is -2.23. The second kappa shape index (κ2) is 5.77. The standard InChI is InChI=1S/C16H16F3N5/c1-8(16(17,18)19)4-12-15(21)22-7-13(23-12)9-2-3-10-6-14(20)24-11(10)5-9/h2-3,5,7-8H,4,6H2,1H3,(H2,20,24)(H2,21,22). The molecule has 2 aromatic rings. The fourth-order valence-corrected chi connectivity index (χ4v) is 2.50. The van der Waals surface area contributed by atoms with Gasteiger partial charge in [-0.3, -0.25) is 0 Å². The molecule has 0 spiro atoms. The Kier molecular flexibility index (Phi) is 3.90. The topological polar surface area (TPSA) is 90.2 Å². The lowest BCUT2D eigenvalue weighted by atomic mass is 10.0. The van der Waals surface area contributed by atoms with Gasteiger partial charge in [0.2, 0.25) is 0 Å². The van der Waals surface area contributed by atoms with Crippen LogP contribution in [0.5, 0.6) is 0 Å². The van der Waals surface area contributed by atoms with Gasteiger partial charge in [0.05, 0.1) is 29.2 Å². The van der Waals surface area contributed by atoms with Crippen molar-refractivity contribution >= 4 is 17.3 Å². The van der Waals surface area contributed by atoms with Gasteiger partial charge in [0.25, 0.3) is 0 Å². The Morgan fingerprint density at radius 1 is 1.25 bits per heavy atom. The first kappa shape index (κ1) is 16.2. The SMILES string of the molecule is CC(Cc1nc(-c2ccc3c(c2)N=C(N)C3)cnc1N)C(F)(F)F. The van der Waals surface area contributed by atoms with Crippen LogP contribution >= 0.6 is 0 Å². The summed E-state index contributed by atoms with van der Waals surface area (Å²) < 4.78 is 38.3. The number of hydrogen-bond donors (Lipinski definition) is 2. The average Bonchev–Trinajstić information content (AvgIpc) is 2.87. The number of anilines is 1. The van der Waals surface area contributed by atoms with Gasteiger partial charge >= 0.3 is 6.18 Å². The third-order valence-electron chi connectivity index (χ3n) is 3.95. The van der Waals surface area contributed by atoms with Crippen molar-refractivity contribution in [1.82, 2.24) is 9.97 Å². The summed E-state index contributed by atoms with van der Waals surface area (Å²) in [6.07, 6.45) is -2.58. The molecular formula is C16H16F3N5. The van der Waals surface area contributed by atoms with Crippen molar-refractivity contribution in [2.45, 2.75) is 25.9 Å². The lowest BCUT2D eigenvalue weighted by Gasteiger charge is -2.16. The van der Waals surface area contributed by atoms with Gasteiger partial charge in [-0.05, 0) is 11.6 Å². The zero-order chi connectivity index (χ0) is 17.5. The van der Waals surface area contributed by atoms with E-state index < -0.39 is 12.1 Å². The van der Waals surface area contributed by atoms with Gasteiger partial charge < -0.3 is 11.5 Å². The molecule has 0 saturated heterocycles. The number of fused-ring (bicyclic) bond motifs is 1. The Labute approximate surface area is 136 Å². The largest absolute Gasteiger partial charge is 0.391 e. The molecule has 24 heavy (non-hydrogen) atoms. The maximum absolute atomic E-state index is 12.8. The summed E-state index contributed by atoms with van der Waals surface area (Å²) >= 11 is 0. The van der Waals surface area contributed by atoms with Gasteiger partial charge in [-0.1, -0.05) is 19.1 Å². The Hall–Kier alpha value is -2.64. The van der Waals surface area contributed by atoms with Crippen molar-refractivity contribution in [3.05, 3.63) is 35.7 Å². The normalized spacial score (nSPS) is 15.1. The summed E-state index contributed by atoms with van der Waals surface area (Å²) in [7, 11) is 0. The second-order valence-corrected chi connectivity index (χ2v) is 5.86. The van der Waals surface area contributed by atoms with E-state index in [0.29, 0.717) is 23.5 Å². The minimum atomic E-state index is -4.30. The molecule has 1 aromatic heterocycles. The number of aromatic nitrogens is 2. The van der Waals surface area contributed by atoms with Crippen LogP contribution < -0.4 is 11.5 Å². The van der Waals surface area contributed by atoms with E-state index in [1.54, 1.807) is 6.07 Å². The van der Waals surface area contributed by atoms with E-state index in [2.05, 4.69) is 15.0 Å². The van der Waals surface area contributed by atoms with Crippen LogP contribution in [0.2, 0.25) is 0 Å². The molecular weight excluding hydrogens is 319 g/mol. The molecule has 1 aromatic carbocycles. The number of nitrogens with zero attached hydrogens (tertiary/aromatic N) is 3. The third-order valence-corrected chi connectivity index (χ3v) is 3.95. The van der Waals surface area contributed by atoms with Crippen molar-refractivity contribution in [2.75, 3.05) is 5.73 Å². The van der Waals surface area contributed by atoms with E-state index in [4.69, 9.17) is 11.5 Å². The molecule has 0 saturated carbocycles. The number of benzene rings is 1. The van der Waals surface area contributed by atoms with Crippen LogP contribution in [0.1, 0.15) is 18.2 Å². The van der Waals surface area contributed by atoms with Gasteiger partial charge in [-0.25, -0.2) is 15.0 Å². The molecule has 0 fully saturated rings. The Morgan fingerprint density at radius 3 is 2.71 bits per heavy atom. The summed E-state index contributed by atoms with van der Waals surface area (Å²) in [6, 6.07) is 5.50. The lowest BCUT2D eigenvalue weighted by molar-refractivity contribution is -0.169. The molecule has 1 unspecified atom stereocenters. The van der Waals surface area contributed by atoms with Crippen molar-refractivity contribution in [3.63, 3.8) is 0 Å². The highest BCUT2D eigenvalue weighted by Gasteiger charge is 2.36. The summed E-state index contributed by atoms with van der Waals surface area (Å²) in [4.78, 5) is 12.5. The summed E-state index contributed by atoms with van der Waals surface area (Å²) in [6.45, 7) is 1.10. The van der Waals surface area contributed by atoms with Crippen LogP contribution in [-0.4, -0.2) is 22.0 Å². The Morgan fingerprint density at radius 2 is 2.00 bits per heavy atom. The second-order valence-electron chi connectivity index (χ2n) is 5.86. The molecule has 126 valence electrons. The van der Waals surface area contributed by atoms with Crippen LogP contribution in [0, 0.1) is 5.92 Å². The zero-order valence-electron chi connectivity index (χ0n) is 12.9. The predicted molar refractivity (Wildman–Crippen MR) is 85.8 cm³/mol. The maximum atomic E-state index is 12.8. The first-order chi connectivity index (χ1) is 11.2. The van der Waals surface area contributed by atoms with Crippen molar-refractivity contribution < 1.29 is 13.2 Å². The van der Waals surface area contributed by atoms with Crippen LogP contribution in [0.15, 0.2) is 29.4 Å². The molecule has 1 atom stereocenters. The highest BCUT2D eigenvalue weighted by atomic mass is 19.4. The molecule has 5 nitrogen and oxygen atoms in total. The summed E-state index contributed by atoms with van der Waals surface area (Å²) in [5.41, 5.74) is 14.5. The molecule has 1 aliphatic rings. The van der Waals surface area contributed by atoms with Crippen molar-refractivity contribution in [2.24, 2.45) is 16.6 Å². The fraction of sp³-hybridized carbons (Fsp3) is 0.312. The van der Waals surface area contributed by atoms with Gasteiger partial charge in [-0.2, -0.15) is 13.2 Å². The molecule has 0 amide bonds. The summed E-state index contributed by atoms with van der Waals surface area (Å²) in [5.74, 6) is -1.00. The molecule has 0 aliphatic carbocycles. The predicted octanol–water partition coefficient (Wildman–Crippen LogP) is 3.01. The molecule has 3 rings (SSSR count). The van der Waals surface area contributed by atoms with Crippen molar-refractivity contribution in [1.29, 1.82) is 0 Å². The van der Waals surface area contributed by atoms with E-state index in [1.807, 2.05) is 12.1 Å². The Balaban J connectivity index is 1.93. The summed E-state index contributed by atoms with van der Waals surface area (Å²) in [5, 5.41) is 0.